The van der Waals surface area contributed by atoms with Crippen molar-refractivity contribution in [2.75, 3.05) is 13.1 Å². The number of hydrogen-bond acceptors (Lipinski definition) is 3. The van der Waals surface area contributed by atoms with E-state index in [4.69, 9.17) is 5.73 Å². The van der Waals surface area contributed by atoms with Crippen molar-refractivity contribution in [1.82, 2.24) is 14.7 Å². The average Bonchev–Trinajstić information content (AvgIpc) is 3.11. The summed E-state index contributed by atoms with van der Waals surface area (Å²) in [7, 11) is 0. The van der Waals surface area contributed by atoms with E-state index in [1.54, 1.807) is 0 Å². The summed E-state index contributed by atoms with van der Waals surface area (Å²) in [4.78, 5) is 2.62. The summed E-state index contributed by atoms with van der Waals surface area (Å²) in [5, 5.41) is 4.38. The Kier molecular flexibility index (Phi) is 4.63. The first-order chi connectivity index (χ1) is 9.19. The highest BCUT2D eigenvalue weighted by atomic mass is 15.3. The van der Waals surface area contributed by atoms with E-state index < -0.39 is 0 Å². The molecule has 19 heavy (non-hydrogen) atoms. The van der Waals surface area contributed by atoms with Crippen LogP contribution in [0.3, 0.4) is 0 Å². The zero-order valence-corrected chi connectivity index (χ0v) is 12.6. The van der Waals surface area contributed by atoms with E-state index in [0.29, 0.717) is 0 Å². The number of aryl methyl sites for hydroxylation is 1. The number of nitrogens with two attached hydrogens (primary N) is 1. The van der Waals surface area contributed by atoms with Crippen molar-refractivity contribution < 1.29 is 0 Å². The van der Waals surface area contributed by atoms with E-state index in [-0.39, 0.29) is 11.6 Å². The van der Waals surface area contributed by atoms with Crippen LogP contribution in [0.2, 0.25) is 0 Å². The lowest BCUT2D eigenvalue weighted by atomic mass is 9.81. The van der Waals surface area contributed by atoms with Gasteiger partial charge in [0.1, 0.15) is 0 Å². The Morgan fingerprint density at radius 3 is 2.42 bits per heavy atom. The maximum atomic E-state index is 6.69. The molecule has 1 aromatic rings. The number of rotatable bonds is 6. The molecule has 1 aromatic heterocycles. The van der Waals surface area contributed by atoms with Crippen LogP contribution in [0.5, 0.6) is 0 Å². The minimum absolute atomic E-state index is 0.0445. The Bertz CT molecular complexity index is 389. The molecule has 0 bridgehead atoms. The molecule has 2 rings (SSSR count). The second-order valence-corrected chi connectivity index (χ2v) is 5.55. The van der Waals surface area contributed by atoms with E-state index in [2.05, 4.69) is 36.8 Å². The van der Waals surface area contributed by atoms with Crippen LogP contribution in [0.15, 0.2) is 12.3 Å². The third-order valence-corrected chi connectivity index (χ3v) is 4.91. The molecule has 0 spiro atoms. The highest BCUT2D eigenvalue weighted by Crippen LogP contribution is 2.37. The van der Waals surface area contributed by atoms with Gasteiger partial charge >= 0.3 is 0 Å². The Balaban J connectivity index is 2.32. The number of hydrogen-bond donors (Lipinski definition) is 1. The van der Waals surface area contributed by atoms with Crippen LogP contribution in [0.4, 0.5) is 0 Å². The van der Waals surface area contributed by atoms with Gasteiger partial charge in [-0.1, -0.05) is 13.8 Å². The van der Waals surface area contributed by atoms with E-state index in [1.165, 1.54) is 31.6 Å². The van der Waals surface area contributed by atoms with E-state index in [9.17, 15) is 0 Å². The van der Waals surface area contributed by atoms with Crippen molar-refractivity contribution in [3.8, 4) is 0 Å². The molecule has 1 atom stereocenters. The molecule has 0 amide bonds. The molecule has 1 unspecified atom stereocenters. The largest absolute Gasteiger partial charge is 0.321 e. The Morgan fingerprint density at radius 1 is 1.26 bits per heavy atom. The molecular formula is C15H28N4. The summed E-state index contributed by atoms with van der Waals surface area (Å²) in [6, 6.07) is 2.13. The summed E-state index contributed by atoms with van der Waals surface area (Å²) in [6.45, 7) is 9.94. The highest BCUT2D eigenvalue weighted by molar-refractivity contribution is 5.15. The van der Waals surface area contributed by atoms with Crippen molar-refractivity contribution in [2.24, 2.45) is 5.73 Å². The van der Waals surface area contributed by atoms with Crippen molar-refractivity contribution in [2.45, 2.75) is 64.6 Å². The molecular weight excluding hydrogens is 236 g/mol. The SMILES string of the molecule is CCn1nccc1C(N)C(CC)(CC)N1CCCC1. The van der Waals surface area contributed by atoms with E-state index >= 15 is 0 Å². The van der Waals surface area contributed by atoms with Crippen molar-refractivity contribution in [3.63, 3.8) is 0 Å². The summed E-state index contributed by atoms with van der Waals surface area (Å²) in [5.41, 5.74) is 7.96. The highest BCUT2D eigenvalue weighted by Gasteiger charge is 2.42. The first-order valence-electron chi connectivity index (χ1n) is 7.72. The van der Waals surface area contributed by atoms with Crippen LogP contribution < -0.4 is 5.73 Å². The first kappa shape index (κ1) is 14.5. The smallest absolute Gasteiger partial charge is 0.0653 e. The summed E-state index contributed by atoms with van der Waals surface area (Å²) < 4.78 is 2.04. The van der Waals surface area contributed by atoms with E-state index in [1.807, 2.05) is 10.9 Å². The fourth-order valence-corrected chi connectivity index (χ4v) is 3.64. The monoisotopic (exact) mass is 264 g/mol. The molecule has 0 saturated carbocycles. The summed E-state index contributed by atoms with van der Waals surface area (Å²) in [6.07, 6.45) is 6.68. The number of aromatic nitrogens is 2. The fraction of sp³-hybridized carbons (Fsp3) is 0.800. The zero-order chi connectivity index (χ0) is 13.9. The Hall–Kier alpha value is -0.870. The van der Waals surface area contributed by atoms with Gasteiger partial charge in [-0.2, -0.15) is 5.10 Å². The lowest BCUT2D eigenvalue weighted by Crippen LogP contribution is -2.54. The molecule has 2 N–H and O–H groups in total. The topological polar surface area (TPSA) is 47.1 Å². The van der Waals surface area contributed by atoms with Crippen molar-refractivity contribution in [1.29, 1.82) is 0 Å². The second-order valence-electron chi connectivity index (χ2n) is 5.55. The lowest BCUT2D eigenvalue weighted by molar-refractivity contribution is 0.0735. The third-order valence-electron chi connectivity index (χ3n) is 4.91. The summed E-state index contributed by atoms with van der Waals surface area (Å²) >= 11 is 0. The standard InChI is InChI=1S/C15H28N4/c1-4-15(5-2,18-11-7-8-12-18)14(16)13-9-10-17-19(13)6-3/h9-10,14H,4-8,11-12,16H2,1-3H3. The van der Waals surface area contributed by atoms with Crippen LogP contribution in [0.25, 0.3) is 0 Å². The quantitative estimate of drug-likeness (QED) is 0.859. The van der Waals surface area contributed by atoms with Gasteiger partial charge in [-0.15, -0.1) is 0 Å². The molecule has 0 aliphatic carbocycles. The number of likely N-dealkylation sites (tertiary alicyclic amines) is 1. The molecule has 1 saturated heterocycles. The van der Waals surface area contributed by atoms with Gasteiger partial charge in [0.05, 0.1) is 11.7 Å². The first-order valence-corrected chi connectivity index (χ1v) is 7.72. The van der Waals surface area contributed by atoms with Gasteiger partial charge in [0.15, 0.2) is 0 Å². The van der Waals surface area contributed by atoms with Gasteiger partial charge < -0.3 is 5.73 Å². The van der Waals surface area contributed by atoms with Gasteiger partial charge in [0, 0.05) is 18.3 Å². The van der Waals surface area contributed by atoms with Crippen molar-refractivity contribution >= 4 is 0 Å². The zero-order valence-electron chi connectivity index (χ0n) is 12.6. The maximum absolute atomic E-state index is 6.69. The average molecular weight is 264 g/mol. The normalized spacial score (nSPS) is 18.9. The van der Waals surface area contributed by atoms with Gasteiger partial charge in [-0.25, -0.2) is 0 Å². The molecule has 4 heteroatoms. The maximum Gasteiger partial charge on any atom is 0.0653 e. The van der Waals surface area contributed by atoms with Crippen LogP contribution in [0, 0.1) is 0 Å². The molecule has 0 aromatic carbocycles. The minimum atomic E-state index is 0.0445. The fourth-order valence-electron chi connectivity index (χ4n) is 3.64. The van der Waals surface area contributed by atoms with Gasteiger partial charge in [0.2, 0.25) is 0 Å². The third kappa shape index (κ3) is 2.43. The number of nitrogens with zero attached hydrogens (tertiary/aromatic N) is 3. The lowest BCUT2D eigenvalue weighted by Gasteiger charge is -2.45. The predicted octanol–water partition coefficient (Wildman–Crippen LogP) is 2.56. The minimum Gasteiger partial charge on any atom is -0.321 e. The molecule has 1 aliphatic rings. The van der Waals surface area contributed by atoms with Crippen LogP contribution in [-0.2, 0) is 6.54 Å². The molecule has 0 radical (unpaired) electrons. The molecule has 4 nitrogen and oxygen atoms in total. The Labute approximate surface area is 117 Å². The predicted molar refractivity (Wildman–Crippen MR) is 78.9 cm³/mol. The van der Waals surface area contributed by atoms with Crippen LogP contribution in [-0.4, -0.2) is 33.3 Å². The van der Waals surface area contributed by atoms with Gasteiger partial charge in [-0.05, 0) is 51.8 Å². The van der Waals surface area contributed by atoms with Gasteiger partial charge in [-0.3, -0.25) is 9.58 Å². The molecule has 108 valence electrons. The van der Waals surface area contributed by atoms with Crippen molar-refractivity contribution in [3.05, 3.63) is 18.0 Å². The summed E-state index contributed by atoms with van der Waals surface area (Å²) in [5.74, 6) is 0. The second kappa shape index (κ2) is 6.06. The van der Waals surface area contributed by atoms with Crippen LogP contribution in [0.1, 0.15) is 58.2 Å². The molecule has 1 aliphatic heterocycles. The molecule has 2 heterocycles. The van der Waals surface area contributed by atoms with Crippen LogP contribution >= 0.6 is 0 Å². The van der Waals surface area contributed by atoms with Gasteiger partial charge in [0.25, 0.3) is 0 Å². The molecule has 1 fully saturated rings. The Morgan fingerprint density at radius 2 is 1.89 bits per heavy atom. The van der Waals surface area contributed by atoms with E-state index in [0.717, 1.165) is 19.4 Å².